The highest BCUT2D eigenvalue weighted by Gasteiger charge is 2.28. The second-order valence-electron chi connectivity index (χ2n) is 5.89. The van der Waals surface area contributed by atoms with Crippen LogP contribution in [0, 0.1) is 0 Å². The Labute approximate surface area is 143 Å². The number of aryl methyl sites for hydroxylation is 1. The largest absolute Gasteiger partial charge is 0.336 e. The molecule has 0 aliphatic carbocycles. The SMILES string of the molecule is C[C@H]1c2ccsc2CCN1C(=O)CCc1nc2ccccc2s1. The maximum atomic E-state index is 12.6. The molecule has 1 aromatic carbocycles. The van der Waals surface area contributed by atoms with Crippen molar-refractivity contribution in [2.75, 3.05) is 6.54 Å². The third-order valence-corrected chi connectivity index (χ3v) is 6.58. The van der Waals surface area contributed by atoms with Gasteiger partial charge in [-0.15, -0.1) is 22.7 Å². The maximum absolute atomic E-state index is 12.6. The molecule has 0 N–H and O–H groups in total. The third-order valence-electron chi connectivity index (χ3n) is 4.49. The Hall–Kier alpha value is -1.72. The molecule has 0 radical (unpaired) electrons. The van der Waals surface area contributed by atoms with Crippen molar-refractivity contribution in [3.8, 4) is 0 Å². The summed E-state index contributed by atoms with van der Waals surface area (Å²) in [5.74, 6) is 0.244. The van der Waals surface area contributed by atoms with Crippen LogP contribution in [0.2, 0.25) is 0 Å². The lowest BCUT2D eigenvalue weighted by molar-refractivity contribution is -0.133. The Bertz CT molecular complexity index is 818. The van der Waals surface area contributed by atoms with Gasteiger partial charge in [0.2, 0.25) is 5.91 Å². The number of hydrogen-bond acceptors (Lipinski definition) is 4. The minimum Gasteiger partial charge on any atom is -0.336 e. The van der Waals surface area contributed by atoms with Gasteiger partial charge in [-0.05, 0) is 42.5 Å². The van der Waals surface area contributed by atoms with Crippen LogP contribution in [0.1, 0.15) is 34.8 Å². The molecule has 1 aliphatic rings. The summed E-state index contributed by atoms with van der Waals surface area (Å²) in [6.45, 7) is 2.98. The van der Waals surface area contributed by atoms with Gasteiger partial charge in [0.1, 0.15) is 0 Å². The zero-order valence-electron chi connectivity index (χ0n) is 13.0. The van der Waals surface area contributed by atoms with Crippen LogP contribution in [0.25, 0.3) is 10.2 Å². The van der Waals surface area contributed by atoms with E-state index in [1.54, 1.807) is 11.3 Å². The van der Waals surface area contributed by atoms with Crippen molar-refractivity contribution < 1.29 is 4.79 Å². The quantitative estimate of drug-likeness (QED) is 0.705. The molecule has 0 bridgehead atoms. The number of amides is 1. The summed E-state index contributed by atoms with van der Waals surface area (Å²) in [6.07, 6.45) is 2.27. The van der Waals surface area contributed by atoms with E-state index in [9.17, 15) is 4.79 Å². The monoisotopic (exact) mass is 342 g/mol. The molecule has 0 saturated heterocycles. The van der Waals surface area contributed by atoms with E-state index < -0.39 is 0 Å². The number of carbonyl (C=O) groups excluding carboxylic acids is 1. The van der Waals surface area contributed by atoms with Crippen LogP contribution >= 0.6 is 22.7 Å². The predicted octanol–water partition coefficient (Wildman–Crippen LogP) is 4.44. The van der Waals surface area contributed by atoms with Crippen LogP contribution in [0.3, 0.4) is 0 Å². The topological polar surface area (TPSA) is 33.2 Å². The zero-order valence-corrected chi connectivity index (χ0v) is 14.6. The van der Waals surface area contributed by atoms with Gasteiger partial charge < -0.3 is 4.90 Å². The van der Waals surface area contributed by atoms with Gasteiger partial charge in [-0.3, -0.25) is 4.79 Å². The van der Waals surface area contributed by atoms with Crippen LogP contribution < -0.4 is 0 Å². The summed E-state index contributed by atoms with van der Waals surface area (Å²) >= 11 is 3.51. The smallest absolute Gasteiger partial charge is 0.223 e. The molecule has 0 unspecified atom stereocenters. The fourth-order valence-electron chi connectivity index (χ4n) is 3.23. The molecular formula is C18H18N2OS2. The fraction of sp³-hybridized carbons (Fsp3) is 0.333. The summed E-state index contributed by atoms with van der Waals surface area (Å²) in [7, 11) is 0. The molecule has 1 atom stereocenters. The molecule has 0 saturated carbocycles. The second-order valence-corrected chi connectivity index (χ2v) is 8.00. The number of thiophene rings is 1. The van der Waals surface area contributed by atoms with Crippen molar-refractivity contribution in [1.29, 1.82) is 0 Å². The first-order valence-electron chi connectivity index (χ1n) is 7.92. The standard InChI is InChI=1S/C18H18N2OS2/c1-12-13-9-11-22-15(13)8-10-20(12)18(21)7-6-17-19-14-4-2-3-5-16(14)23-17/h2-5,9,11-12H,6-8,10H2,1H3/t12-/m0/s1. The summed E-state index contributed by atoms with van der Waals surface area (Å²) in [5.41, 5.74) is 2.36. The molecule has 118 valence electrons. The fourth-order valence-corrected chi connectivity index (χ4v) is 5.16. The third kappa shape index (κ3) is 2.79. The number of hydrogen-bond donors (Lipinski definition) is 0. The number of benzene rings is 1. The molecule has 1 amide bonds. The summed E-state index contributed by atoms with van der Waals surface area (Å²) in [4.78, 5) is 20.7. The summed E-state index contributed by atoms with van der Waals surface area (Å²) in [6, 6.07) is 10.5. The van der Waals surface area contributed by atoms with Gasteiger partial charge in [-0.1, -0.05) is 12.1 Å². The Morgan fingerprint density at radius 1 is 1.35 bits per heavy atom. The molecule has 3 nitrogen and oxygen atoms in total. The van der Waals surface area contributed by atoms with E-state index in [1.807, 2.05) is 34.4 Å². The molecule has 3 aromatic rings. The van der Waals surface area contributed by atoms with Gasteiger partial charge in [-0.25, -0.2) is 4.98 Å². The Kier molecular flexibility index (Phi) is 3.91. The maximum Gasteiger partial charge on any atom is 0.223 e. The Balaban J connectivity index is 1.44. The molecule has 23 heavy (non-hydrogen) atoms. The number of nitrogens with zero attached hydrogens (tertiary/aromatic N) is 2. The van der Waals surface area contributed by atoms with E-state index >= 15 is 0 Å². The lowest BCUT2D eigenvalue weighted by Gasteiger charge is -2.33. The normalized spacial score (nSPS) is 17.4. The second kappa shape index (κ2) is 6.06. The highest BCUT2D eigenvalue weighted by Crippen LogP contribution is 2.33. The van der Waals surface area contributed by atoms with Crippen LogP contribution in [0.15, 0.2) is 35.7 Å². The lowest BCUT2D eigenvalue weighted by atomic mass is 10.0. The van der Waals surface area contributed by atoms with E-state index in [0.717, 1.165) is 29.9 Å². The van der Waals surface area contributed by atoms with Crippen LogP contribution in [0.4, 0.5) is 0 Å². The van der Waals surface area contributed by atoms with Gasteiger partial charge >= 0.3 is 0 Å². The molecule has 4 rings (SSSR count). The van der Waals surface area contributed by atoms with E-state index in [1.165, 1.54) is 15.1 Å². The Morgan fingerprint density at radius 2 is 2.22 bits per heavy atom. The summed E-state index contributed by atoms with van der Waals surface area (Å²) < 4.78 is 1.20. The van der Waals surface area contributed by atoms with Crippen molar-refractivity contribution in [2.24, 2.45) is 0 Å². The minimum atomic E-state index is 0.202. The Morgan fingerprint density at radius 3 is 3.09 bits per heavy atom. The number of rotatable bonds is 3. The highest BCUT2D eigenvalue weighted by molar-refractivity contribution is 7.18. The number of aromatic nitrogens is 1. The predicted molar refractivity (Wildman–Crippen MR) is 96.1 cm³/mol. The first kappa shape index (κ1) is 14.8. The first-order chi connectivity index (χ1) is 11.2. The van der Waals surface area contributed by atoms with Crippen molar-refractivity contribution in [1.82, 2.24) is 9.88 Å². The number of para-hydroxylation sites is 1. The average Bonchev–Trinajstić information content (AvgIpc) is 3.19. The molecule has 5 heteroatoms. The van der Waals surface area contributed by atoms with Gasteiger partial charge in [-0.2, -0.15) is 0 Å². The molecule has 2 aromatic heterocycles. The molecule has 0 spiro atoms. The van der Waals surface area contributed by atoms with Crippen LogP contribution in [-0.4, -0.2) is 22.3 Å². The van der Waals surface area contributed by atoms with Crippen LogP contribution in [0.5, 0.6) is 0 Å². The molecule has 3 heterocycles. The van der Waals surface area contributed by atoms with E-state index in [2.05, 4.69) is 29.4 Å². The minimum absolute atomic E-state index is 0.202. The van der Waals surface area contributed by atoms with E-state index in [0.29, 0.717) is 6.42 Å². The number of thiazole rings is 1. The van der Waals surface area contributed by atoms with Crippen molar-refractivity contribution in [3.63, 3.8) is 0 Å². The number of carbonyl (C=O) groups is 1. The van der Waals surface area contributed by atoms with Gasteiger partial charge in [0, 0.05) is 24.3 Å². The molecule has 0 fully saturated rings. The van der Waals surface area contributed by atoms with E-state index in [4.69, 9.17) is 0 Å². The molecular weight excluding hydrogens is 324 g/mol. The highest BCUT2D eigenvalue weighted by atomic mass is 32.1. The van der Waals surface area contributed by atoms with Gasteiger partial charge in [0.05, 0.1) is 21.3 Å². The average molecular weight is 342 g/mol. The first-order valence-corrected chi connectivity index (χ1v) is 9.62. The zero-order chi connectivity index (χ0) is 15.8. The van der Waals surface area contributed by atoms with Crippen molar-refractivity contribution in [2.45, 2.75) is 32.2 Å². The van der Waals surface area contributed by atoms with Crippen molar-refractivity contribution >= 4 is 38.8 Å². The number of fused-ring (bicyclic) bond motifs is 2. The van der Waals surface area contributed by atoms with Crippen LogP contribution in [-0.2, 0) is 17.6 Å². The molecule has 1 aliphatic heterocycles. The van der Waals surface area contributed by atoms with Gasteiger partial charge in [0.25, 0.3) is 0 Å². The summed E-state index contributed by atoms with van der Waals surface area (Å²) in [5, 5.41) is 3.19. The van der Waals surface area contributed by atoms with Crippen molar-refractivity contribution in [3.05, 3.63) is 51.2 Å². The lowest BCUT2D eigenvalue weighted by Crippen LogP contribution is -2.38. The van der Waals surface area contributed by atoms with Gasteiger partial charge in [0.15, 0.2) is 0 Å². The van der Waals surface area contributed by atoms with E-state index in [-0.39, 0.29) is 11.9 Å².